The van der Waals surface area contributed by atoms with Gasteiger partial charge in [-0.05, 0) is 36.4 Å². The Morgan fingerprint density at radius 2 is 1.59 bits per heavy atom. The van der Waals surface area contributed by atoms with Crippen molar-refractivity contribution in [3.05, 3.63) is 78.4 Å². The van der Waals surface area contributed by atoms with Crippen LogP contribution in [0.5, 0.6) is 0 Å². The second kappa shape index (κ2) is 12.0. The van der Waals surface area contributed by atoms with Gasteiger partial charge in [-0.2, -0.15) is 0 Å². The summed E-state index contributed by atoms with van der Waals surface area (Å²) in [7, 11) is 0. The summed E-state index contributed by atoms with van der Waals surface area (Å²) < 4.78 is 0. The number of anilines is 1. The maximum absolute atomic E-state index is 13.1. The van der Waals surface area contributed by atoms with E-state index in [2.05, 4.69) is 20.9 Å². The quantitative estimate of drug-likeness (QED) is 0.177. The highest BCUT2D eigenvalue weighted by molar-refractivity contribution is 6.05. The number of fused-ring (bicyclic) bond motifs is 1. The lowest BCUT2D eigenvalue weighted by Crippen LogP contribution is -2.47. The SMILES string of the molecule is NC(N)=NCCC[C@H](NC(=O)CNC(=O)c1ccccc1)C(=O)Nc1cccc2ccccc12. The van der Waals surface area contributed by atoms with E-state index >= 15 is 0 Å². The maximum Gasteiger partial charge on any atom is 0.251 e. The second-order valence-electron chi connectivity index (χ2n) is 7.63. The van der Waals surface area contributed by atoms with Crippen molar-refractivity contribution < 1.29 is 14.4 Å². The molecule has 3 aromatic carbocycles. The number of nitrogens with one attached hydrogen (secondary N) is 3. The Hall–Kier alpha value is -4.40. The normalized spacial score (nSPS) is 11.3. The lowest BCUT2D eigenvalue weighted by Gasteiger charge is -2.19. The van der Waals surface area contributed by atoms with Crippen LogP contribution in [-0.2, 0) is 9.59 Å². The van der Waals surface area contributed by atoms with Crippen LogP contribution in [0.2, 0.25) is 0 Å². The zero-order valence-electron chi connectivity index (χ0n) is 18.7. The summed E-state index contributed by atoms with van der Waals surface area (Å²) in [6.07, 6.45) is 0.786. The molecule has 1 atom stereocenters. The summed E-state index contributed by atoms with van der Waals surface area (Å²) in [5, 5.41) is 10.0. The molecular weight excluding hydrogens is 432 g/mol. The fraction of sp³-hybridized carbons (Fsp3) is 0.200. The summed E-state index contributed by atoms with van der Waals surface area (Å²) >= 11 is 0. The summed E-state index contributed by atoms with van der Waals surface area (Å²) in [6.45, 7) is 0.0562. The number of carbonyl (C=O) groups is 3. The molecule has 0 bridgehead atoms. The molecular formula is C25H28N6O3. The minimum Gasteiger partial charge on any atom is -0.370 e. The number of nitrogens with zero attached hydrogens (tertiary/aromatic N) is 1. The topological polar surface area (TPSA) is 152 Å². The molecule has 3 rings (SSSR count). The Morgan fingerprint density at radius 1 is 0.882 bits per heavy atom. The van der Waals surface area contributed by atoms with Gasteiger partial charge in [0.1, 0.15) is 6.04 Å². The van der Waals surface area contributed by atoms with Crippen LogP contribution in [0.15, 0.2) is 77.8 Å². The predicted octanol–water partition coefficient (Wildman–Crippen LogP) is 1.75. The van der Waals surface area contributed by atoms with Gasteiger partial charge in [0.15, 0.2) is 5.96 Å². The Bertz CT molecular complexity index is 1170. The second-order valence-corrected chi connectivity index (χ2v) is 7.63. The predicted molar refractivity (Wildman–Crippen MR) is 133 cm³/mol. The summed E-state index contributed by atoms with van der Waals surface area (Å²) in [5.41, 5.74) is 11.8. The summed E-state index contributed by atoms with van der Waals surface area (Å²) in [4.78, 5) is 41.7. The third-order valence-electron chi connectivity index (χ3n) is 5.09. The molecule has 9 nitrogen and oxygen atoms in total. The molecule has 3 amide bonds. The summed E-state index contributed by atoms with van der Waals surface area (Å²) in [5.74, 6) is -1.27. The Labute approximate surface area is 197 Å². The van der Waals surface area contributed by atoms with Crippen LogP contribution in [0, 0.1) is 0 Å². The monoisotopic (exact) mass is 460 g/mol. The molecule has 0 heterocycles. The molecule has 0 saturated heterocycles. The average molecular weight is 461 g/mol. The van der Waals surface area contributed by atoms with Gasteiger partial charge in [0.05, 0.1) is 6.54 Å². The number of nitrogens with two attached hydrogens (primary N) is 2. The molecule has 0 unspecified atom stereocenters. The third-order valence-corrected chi connectivity index (χ3v) is 5.09. The van der Waals surface area contributed by atoms with E-state index in [0.29, 0.717) is 30.6 Å². The standard InChI is InChI=1S/C25H28N6O3/c26-25(27)28-15-7-14-21(30-22(32)16-29-23(33)18-9-2-1-3-10-18)24(34)31-20-13-6-11-17-8-4-5-12-19(17)20/h1-6,8-13,21H,7,14-16H2,(H,29,33)(H,30,32)(H,31,34)(H4,26,27,28)/t21-/m0/s1. The van der Waals surface area contributed by atoms with Gasteiger partial charge in [-0.25, -0.2) is 0 Å². The lowest BCUT2D eigenvalue weighted by molar-refractivity contribution is -0.126. The van der Waals surface area contributed by atoms with Crippen LogP contribution in [0.25, 0.3) is 10.8 Å². The van der Waals surface area contributed by atoms with E-state index in [0.717, 1.165) is 10.8 Å². The molecule has 0 aromatic heterocycles. The van der Waals surface area contributed by atoms with Crippen molar-refractivity contribution in [1.29, 1.82) is 0 Å². The molecule has 0 spiro atoms. The van der Waals surface area contributed by atoms with Crippen molar-refractivity contribution in [3.8, 4) is 0 Å². The van der Waals surface area contributed by atoms with Gasteiger partial charge in [-0.1, -0.05) is 54.6 Å². The molecule has 34 heavy (non-hydrogen) atoms. The van der Waals surface area contributed by atoms with E-state index in [-0.39, 0.29) is 24.3 Å². The zero-order valence-corrected chi connectivity index (χ0v) is 18.7. The lowest BCUT2D eigenvalue weighted by atomic mass is 10.1. The van der Waals surface area contributed by atoms with Crippen LogP contribution in [-0.4, -0.2) is 42.8 Å². The number of guanidine groups is 1. The number of amides is 3. The average Bonchev–Trinajstić information content (AvgIpc) is 2.85. The first-order chi connectivity index (χ1) is 16.4. The molecule has 7 N–H and O–H groups in total. The van der Waals surface area contributed by atoms with E-state index < -0.39 is 11.9 Å². The van der Waals surface area contributed by atoms with E-state index in [4.69, 9.17) is 11.5 Å². The molecule has 0 aliphatic heterocycles. The van der Waals surface area contributed by atoms with Crippen molar-refractivity contribution in [1.82, 2.24) is 10.6 Å². The van der Waals surface area contributed by atoms with E-state index in [1.54, 1.807) is 36.4 Å². The maximum atomic E-state index is 13.1. The van der Waals surface area contributed by atoms with Gasteiger partial charge in [-0.3, -0.25) is 19.4 Å². The molecule has 0 radical (unpaired) electrons. The first kappa shape index (κ1) is 24.2. The van der Waals surface area contributed by atoms with Crippen molar-refractivity contribution >= 4 is 40.1 Å². The highest BCUT2D eigenvalue weighted by atomic mass is 16.2. The molecule has 9 heteroatoms. The van der Waals surface area contributed by atoms with E-state index in [1.807, 2.05) is 36.4 Å². The first-order valence-corrected chi connectivity index (χ1v) is 10.9. The van der Waals surface area contributed by atoms with E-state index in [1.165, 1.54) is 0 Å². The van der Waals surface area contributed by atoms with Crippen LogP contribution in [0.1, 0.15) is 23.2 Å². The molecule has 3 aromatic rings. The molecule has 0 aliphatic rings. The first-order valence-electron chi connectivity index (χ1n) is 10.9. The van der Waals surface area contributed by atoms with Crippen LogP contribution >= 0.6 is 0 Å². The minimum absolute atomic E-state index is 0.0376. The number of carbonyl (C=O) groups excluding carboxylic acids is 3. The fourth-order valence-corrected chi connectivity index (χ4v) is 3.42. The van der Waals surface area contributed by atoms with Gasteiger partial charge < -0.3 is 27.4 Å². The highest BCUT2D eigenvalue weighted by Crippen LogP contribution is 2.23. The van der Waals surface area contributed by atoms with Crippen molar-refractivity contribution in [2.24, 2.45) is 16.5 Å². The Morgan fingerprint density at radius 3 is 2.35 bits per heavy atom. The van der Waals surface area contributed by atoms with Gasteiger partial charge >= 0.3 is 0 Å². The number of hydrogen-bond acceptors (Lipinski definition) is 4. The molecule has 0 fully saturated rings. The van der Waals surface area contributed by atoms with E-state index in [9.17, 15) is 14.4 Å². The van der Waals surface area contributed by atoms with Crippen molar-refractivity contribution in [2.45, 2.75) is 18.9 Å². The molecule has 0 saturated carbocycles. The van der Waals surface area contributed by atoms with Crippen molar-refractivity contribution in [2.75, 3.05) is 18.4 Å². The van der Waals surface area contributed by atoms with Crippen LogP contribution in [0.3, 0.4) is 0 Å². The van der Waals surface area contributed by atoms with Crippen molar-refractivity contribution in [3.63, 3.8) is 0 Å². The molecule has 176 valence electrons. The van der Waals surface area contributed by atoms with Crippen LogP contribution < -0.4 is 27.4 Å². The highest BCUT2D eigenvalue weighted by Gasteiger charge is 2.21. The van der Waals surface area contributed by atoms with Gasteiger partial charge in [0.2, 0.25) is 11.8 Å². The number of hydrogen-bond donors (Lipinski definition) is 5. The van der Waals surface area contributed by atoms with Gasteiger partial charge in [0, 0.05) is 23.2 Å². The number of aliphatic imine (C=N–C) groups is 1. The van der Waals surface area contributed by atoms with Gasteiger partial charge in [0.25, 0.3) is 5.91 Å². The fourth-order valence-electron chi connectivity index (χ4n) is 3.42. The molecule has 0 aliphatic carbocycles. The smallest absolute Gasteiger partial charge is 0.251 e. The van der Waals surface area contributed by atoms with Crippen LogP contribution in [0.4, 0.5) is 5.69 Å². The summed E-state index contributed by atoms with van der Waals surface area (Å²) in [6, 6.07) is 21.0. The van der Waals surface area contributed by atoms with Gasteiger partial charge in [-0.15, -0.1) is 0 Å². The Balaban J connectivity index is 1.65. The number of benzene rings is 3. The zero-order chi connectivity index (χ0) is 24.3. The largest absolute Gasteiger partial charge is 0.370 e. The number of rotatable bonds is 10. The minimum atomic E-state index is -0.839. The third kappa shape index (κ3) is 7.06. The Kier molecular flexibility index (Phi) is 8.56.